The van der Waals surface area contributed by atoms with E-state index in [4.69, 9.17) is 0 Å². The third-order valence-corrected chi connectivity index (χ3v) is 3.06. The minimum absolute atomic E-state index is 0.0405. The Balaban J connectivity index is 1.80. The molecule has 0 saturated carbocycles. The van der Waals surface area contributed by atoms with Crippen LogP contribution in [0.1, 0.15) is 12.8 Å². The van der Waals surface area contributed by atoms with E-state index in [0.29, 0.717) is 31.7 Å². The Morgan fingerprint density at radius 3 is 2.53 bits per heavy atom. The van der Waals surface area contributed by atoms with E-state index in [2.05, 4.69) is 10.3 Å². The second kappa shape index (κ2) is 5.73. The molecule has 0 radical (unpaired) electrons. The van der Waals surface area contributed by atoms with Crippen LogP contribution in [-0.2, 0) is 0 Å². The molecule has 2 rings (SSSR count). The van der Waals surface area contributed by atoms with Crippen molar-refractivity contribution in [2.75, 3.05) is 25.0 Å². The first-order valence-electron chi connectivity index (χ1n) is 6.10. The molecular weight excluding hydrogens is 262 g/mol. The number of nitrogens with one attached hydrogen (secondary N) is 1. The smallest absolute Gasteiger partial charge is 0.367 e. The lowest BCUT2D eigenvalue weighted by Crippen LogP contribution is -2.43. The number of nitrogens with zero attached hydrogens (tertiary/aromatic N) is 2. The first kappa shape index (κ1) is 14.0. The number of aromatic nitrogens is 1. The number of pyridine rings is 1. The van der Waals surface area contributed by atoms with Crippen LogP contribution in [0.25, 0.3) is 0 Å². The second-order valence-electron chi connectivity index (χ2n) is 4.66. The molecule has 1 saturated heterocycles. The largest absolute Gasteiger partial charge is 0.401 e. The van der Waals surface area contributed by atoms with Gasteiger partial charge in [0.2, 0.25) is 5.95 Å². The minimum atomic E-state index is -4.15. The monoisotopic (exact) mass is 277 g/mol. The Bertz CT molecular complexity index is 414. The molecule has 0 atom stereocenters. The van der Waals surface area contributed by atoms with Crippen LogP contribution in [0.15, 0.2) is 18.2 Å². The van der Waals surface area contributed by atoms with Crippen molar-refractivity contribution in [3.63, 3.8) is 0 Å². The molecule has 0 spiro atoms. The van der Waals surface area contributed by atoms with E-state index < -0.39 is 18.7 Å². The van der Waals surface area contributed by atoms with E-state index >= 15 is 0 Å². The maximum absolute atomic E-state index is 12.9. The van der Waals surface area contributed by atoms with Crippen molar-refractivity contribution in [3.05, 3.63) is 24.1 Å². The zero-order valence-corrected chi connectivity index (χ0v) is 10.3. The van der Waals surface area contributed by atoms with Gasteiger partial charge in [-0.2, -0.15) is 17.6 Å². The van der Waals surface area contributed by atoms with Gasteiger partial charge in [0.25, 0.3) is 0 Å². The van der Waals surface area contributed by atoms with E-state index in [1.165, 1.54) is 11.0 Å². The average Bonchev–Trinajstić information content (AvgIpc) is 2.30. The van der Waals surface area contributed by atoms with Crippen LogP contribution >= 0.6 is 0 Å². The Morgan fingerprint density at radius 2 is 1.95 bits per heavy atom. The molecule has 0 aliphatic carbocycles. The Labute approximate surface area is 108 Å². The molecule has 1 N–H and O–H groups in total. The van der Waals surface area contributed by atoms with Crippen LogP contribution < -0.4 is 5.32 Å². The number of likely N-dealkylation sites (tertiary alicyclic amines) is 1. The molecule has 2 heterocycles. The van der Waals surface area contributed by atoms with Crippen molar-refractivity contribution < 1.29 is 17.6 Å². The molecule has 0 unspecified atom stereocenters. The van der Waals surface area contributed by atoms with E-state index in [9.17, 15) is 17.6 Å². The molecule has 7 heteroatoms. The van der Waals surface area contributed by atoms with Crippen LogP contribution in [0.3, 0.4) is 0 Å². The van der Waals surface area contributed by atoms with Gasteiger partial charge in [0.05, 0.1) is 6.54 Å². The highest BCUT2D eigenvalue weighted by molar-refractivity contribution is 5.34. The fraction of sp³-hybridized carbons (Fsp3) is 0.583. The number of piperidine rings is 1. The molecule has 19 heavy (non-hydrogen) atoms. The molecule has 0 aromatic carbocycles. The van der Waals surface area contributed by atoms with E-state index in [0.717, 1.165) is 0 Å². The highest BCUT2D eigenvalue weighted by atomic mass is 19.4. The quantitative estimate of drug-likeness (QED) is 0.680. The normalized spacial score (nSPS) is 18.5. The van der Waals surface area contributed by atoms with E-state index in [-0.39, 0.29) is 6.04 Å². The number of halogens is 4. The number of hydrogen-bond donors (Lipinski definition) is 1. The molecule has 3 nitrogen and oxygen atoms in total. The summed E-state index contributed by atoms with van der Waals surface area (Å²) in [5.74, 6) is -0.145. The van der Waals surface area contributed by atoms with Crippen molar-refractivity contribution in [1.29, 1.82) is 0 Å². The summed E-state index contributed by atoms with van der Waals surface area (Å²) in [7, 11) is 0. The standard InChI is InChI=1S/C12H15F4N3/c13-10-2-1-3-11(18-10)17-9-4-6-19(7-5-9)8-12(14,15)16/h1-3,9H,4-8H2,(H,17,18). The number of alkyl halides is 3. The van der Waals surface area contributed by atoms with Crippen LogP contribution in [0.4, 0.5) is 23.4 Å². The minimum Gasteiger partial charge on any atom is -0.367 e. The zero-order chi connectivity index (χ0) is 13.9. The van der Waals surface area contributed by atoms with Crippen molar-refractivity contribution in [2.24, 2.45) is 0 Å². The summed E-state index contributed by atoms with van der Waals surface area (Å²) in [6, 6.07) is 4.48. The van der Waals surface area contributed by atoms with Gasteiger partial charge in [-0.25, -0.2) is 4.98 Å². The third kappa shape index (κ3) is 4.66. The van der Waals surface area contributed by atoms with Gasteiger partial charge in [-0.3, -0.25) is 4.90 Å². The fourth-order valence-corrected chi connectivity index (χ4v) is 2.19. The number of anilines is 1. The lowest BCUT2D eigenvalue weighted by molar-refractivity contribution is -0.147. The van der Waals surface area contributed by atoms with Crippen molar-refractivity contribution in [3.8, 4) is 0 Å². The Morgan fingerprint density at radius 1 is 1.26 bits per heavy atom. The summed E-state index contributed by atoms with van der Waals surface area (Å²) in [5, 5.41) is 3.05. The first-order valence-corrected chi connectivity index (χ1v) is 6.10. The van der Waals surface area contributed by atoms with E-state index in [1.807, 2.05) is 0 Å². The van der Waals surface area contributed by atoms with Gasteiger partial charge in [0.1, 0.15) is 5.82 Å². The molecule has 1 aromatic heterocycles. The lowest BCUT2D eigenvalue weighted by atomic mass is 10.1. The van der Waals surface area contributed by atoms with Crippen molar-refractivity contribution in [1.82, 2.24) is 9.88 Å². The van der Waals surface area contributed by atoms with Crippen molar-refractivity contribution >= 4 is 5.82 Å². The molecule has 1 fully saturated rings. The maximum atomic E-state index is 12.9. The summed E-state index contributed by atoms with van der Waals surface area (Å²) in [6.45, 7) is -0.100. The third-order valence-electron chi connectivity index (χ3n) is 3.06. The van der Waals surface area contributed by atoms with Gasteiger partial charge in [-0.15, -0.1) is 0 Å². The van der Waals surface area contributed by atoms with Crippen LogP contribution in [0.5, 0.6) is 0 Å². The topological polar surface area (TPSA) is 28.2 Å². The highest BCUT2D eigenvalue weighted by Crippen LogP contribution is 2.21. The highest BCUT2D eigenvalue weighted by Gasteiger charge is 2.32. The molecule has 0 bridgehead atoms. The SMILES string of the molecule is Fc1cccc(NC2CCN(CC(F)(F)F)CC2)n1. The average molecular weight is 277 g/mol. The summed E-state index contributed by atoms with van der Waals surface area (Å²) >= 11 is 0. The second-order valence-corrected chi connectivity index (χ2v) is 4.66. The van der Waals surface area contributed by atoms with E-state index in [1.54, 1.807) is 12.1 Å². The van der Waals surface area contributed by atoms with Gasteiger partial charge in [-0.05, 0) is 25.0 Å². The summed E-state index contributed by atoms with van der Waals surface area (Å²) in [5.41, 5.74) is 0. The Hall–Kier alpha value is -1.37. The van der Waals surface area contributed by atoms with Crippen LogP contribution in [0, 0.1) is 5.95 Å². The molecule has 1 aliphatic heterocycles. The van der Waals surface area contributed by atoms with Gasteiger partial charge >= 0.3 is 6.18 Å². The summed E-state index contributed by atoms with van der Waals surface area (Å²) in [6.07, 6.45) is -2.97. The van der Waals surface area contributed by atoms with Crippen LogP contribution in [-0.4, -0.2) is 41.7 Å². The molecule has 0 amide bonds. The summed E-state index contributed by atoms with van der Waals surface area (Å²) in [4.78, 5) is 5.06. The van der Waals surface area contributed by atoms with Gasteiger partial charge in [0, 0.05) is 19.1 Å². The first-order chi connectivity index (χ1) is 8.92. The maximum Gasteiger partial charge on any atom is 0.401 e. The lowest BCUT2D eigenvalue weighted by Gasteiger charge is -2.32. The van der Waals surface area contributed by atoms with Crippen molar-refractivity contribution in [2.45, 2.75) is 25.1 Å². The fourth-order valence-electron chi connectivity index (χ4n) is 2.19. The zero-order valence-electron chi connectivity index (χ0n) is 10.3. The van der Waals surface area contributed by atoms with Gasteiger partial charge in [-0.1, -0.05) is 6.07 Å². The predicted octanol–water partition coefficient (Wildman–Crippen LogP) is 2.66. The number of hydrogen-bond acceptors (Lipinski definition) is 3. The number of rotatable bonds is 3. The van der Waals surface area contributed by atoms with Gasteiger partial charge in [0.15, 0.2) is 0 Å². The molecule has 106 valence electrons. The molecular formula is C12H15F4N3. The predicted molar refractivity (Wildman–Crippen MR) is 63.3 cm³/mol. The van der Waals surface area contributed by atoms with Crippen LogP contribution in [0.2, 0.25) is 0 Å². The molecule has 1 aliphatic rings. The summed E-state index contributed by atoms with van der Waals surface area (Å²) < 4.78 is 49.5. The Kier molecular flexibility index (Phi) is 4.24. The van der Waals surface area contributed by atoms with Gasteiger partial charge < -0.3 is 5.32 Å². The molecule has 1 aromatic rings.